The maximum Gasteiger partial charge on any atom is 0.224 e. The van der Waals surface area contributed by atoms with Gasteiger partial charge in [-0.1, -0.05) is 12.8 Å². The van der Waals surface area contributed by atoms with E-state index in [4.69, 9.17) is 10.5 Å². The van der Waals surface area contributed by atoms with Gasteiger partial charge in [0.1, 0.15) is 0 Å². The average Bonchev–Trinajstić information content (AvgIpc) is 2.42. The predicted molar refractivity (Wildman–Crippen MR) is 78.3 cm³/mol. The van der Waals surface area contributed by atoms with Gasteiger partial charge in [-0.05, 0) is 38.4 Å². The van der Waals surface area contributed by atoms with E-state index in [0.717, 1.165) is 25.7 Å². The van der Waals surface area contributed by atoms with E-state index in [-0.39, 0.29) is 11.7 Å². The Morgan fingerprint density at radius 2 is 2.05 bits per heavy atom. The Labute approximate surface area is 119 Å². The first-order valence-corrected chi connectivity index (χ1v) is 7.09. The van der Waals surface area contributed by atoms with Crippen LogP contribution in [0, 0.1) is 5.82 Å². The summed E-state index contributed by atoms with van der Waals surface area (Å²) < 4.78 is 18.7. The first kappa shape index (κ1) is 16.4. The number of ether oxygens (including phenoxy) is 1. The van der Waals surface area contributed by atoms with E-state index in [2.05, 4.69) is 5.32 Å². The standard InChI is InChI=1S/C15H23FN2O2/c1-2-20-14-9-8-12(11-13(14)16)18-15(19)7-5-3-4-6-10-17/h8-9,11H,2-7,10,17H2,1H3,(H,18,19). The van der Waals surface area contributed by atoms with E-state index in [9.17, 15) is 9.18 Å². The quantitative estimate of drug-likeness (QED) is 0.684. The molecule has 0 aliphatic heterocycles. The lowest BCUT2D eigenvalue weighted by molar-refractivity contribution is -0.116. The molecular weight excluding hydrogens is 259 g/mol. The molecule has 0 fully saturated rings. The number of anilines is 1. The zero-order valence-electron chi connectivity index (χ0n) is 12.0. The number of halogens is 1. The van der Waals surface area contributed by atoms with Crippen LogP contribution in [0.25, 0.3) is 0 Å². The molecule has 1 aromatic rings. The van der Waals surface area contributed by atoms with Crippen LogP contribution in [0.3, 0.4) is 0 Å². The van der Waals surface area contributed by atoms with Gasteiger partial charge in [-0.15, -0.1) is 0 Å². The molecule has 1 aromatic carbocycles. The van der Waals surface area contributed by atoms with E-state index in [1.807, 2.05) is 0 Å². The average molecular weight is 282 g/mol. The smallest absolute Gasteiger partial charge is 0.224 e. The van der Waals surface area contributed by atoms with Gasteiger partial charge in [0.05, 0.1) is 6.61 Å². The van der Waals surface area contributed by atoms with Crippen LogP contribution in [0.5, 0.6) is 5.75 Å². The molecule has 0 aliphatic rings. The fourth-order valence-corrected chi connectivity index (χ4v) is 1.86. The molecule has 1 amide bonds. The van der Waals surface area contributed by atoms with Crippen LogP contribution >= 0.6 is 0 Å². The molecule has 112 valence electrons. The Hall–Kier alpha value is -1.62. The summed E-state index contributed by atoms with van der Waals surface area (Å²) in [5, 5.41) is 2.68. The third-order valence-corrected chi connectivity index (χ3v) is 2.87. The number of carbonyl (C=O) groups is 1. The Morgan fingerprint density at radius 3 is 2.70 bits per heavy atom. The van der Waals surface area contributed by atoms with Crippen LogP contribution in [0.4, 0.5) is 10.1 Å². The van der Waals surface area contributed by atoms with Crippen molar-refractivity contribution in [3.05, 3.63) is 24.0 Å². The van der Waals surface area contributed by atoms with E-state index in [1.54, 1.807) is 13.0 Å². The summed E-state index contributed by atoms with van der Waals surface area (Å²) in [5.74, 6) is -0.360. The second-order valence-corrected chi connectivity index (χ2v) is 4.58. The highest BCUT2D eigenvalue weighted by atomic mass is 19.1. The molecule has 0 atom stereocenters. The number of carbonyl (C=O) groups excluding carboxylic acids is 1. The molecular formula is C15H23FN2O2. The predicted octanol–water partition coefficient (Wildman–Crippen LogP) is 3.07. The van der Waals surface area contributed by atoms with Crippen molar-refractivity contribution in [2.45, 2.75) is 39.0 Å². The van der Waals surface area contributed by atoms with Gasteiger partial charge >= 0.3 is 0 Å². The van der Waals surface area contributed by atoms with Crippen LogP contribution < -0.4 is 15.8 Å². The molecule has 0 saturated carbocycles. The lowest BCUT2D eigenvalue weighted by atomic mass is 10.1. The van der Waals surface area contributed by atoms with Gasteiger partial charge in [0.15, 0.2) is 11.6 Å². The zero-order valence-corrected chi connectivity index (χ0v) is 12.0. The largest absolute Gasteiger partial charge is 0.491 e. The molecule has 0 saturated heterocycles. The molecule has 1 rings (SSSR count). The number of rotatable bonds is 9. The van der Waals surface area contributed by atoms with Gasteiger partial charge in [0.25, 0.3) is 0 Å². The summed E-state index contributed by atoms with van der Waals surface area (Å²) in [4.78, 5) is 11.7. The Kier molecular flexibility index (Phi) is 7.65. The summed E-state index contributed by atoms with van der Waals surface area (Å²) in [6.45, 7) is 2.89. The lowest BCUT2D eigenvalue weighted by Gasteiger charge is -2.08. The minimum Gasteiger partial charge on any atom is -0.491 e. The third-order valence-electron chi connectivity index (χ3n) is 2.87. The highest BCUT2D eigenvalue weighted by Gasteiger charge is 2.07. The molecule has 0 unspecified atom stereocenters. The summed E-state index contributed by atoms with van der Waals surface area (Å²) in [5.41, 5.74) is 5.85. The minimum absolute atomic E-state index is 0.0960. The molecule has 0 aromatic heterocycles. The van der Waals surface area contributed by atoms with Gasteiger partial charge in [-0.2, -0.15) is 0 Å². The Bertz CT molecular complexity index is 424. The van der Waals surface area contributed by atoms with E-state index in [0.29, 0.717) is 25.3 Å². The molecule has 0 spiro atoms. The van der Waals surface area contributed by atoms with Crippen molar-refractivity contribution in [2.75, 3.05) is 18.5 Å². The summed E-state index contributed by atoms with van der Waals surface area (Å²) in [6.07, 6.45) is 4.29. The van der Waals surface area contributed by atoms with Gasteiger partial charge in [0.2, 0.25) is 5.91 Å². The number of hydrogen-bond donors (Lipinski definition) is 2. The maximum atomic E-state index is 13.6. The lowest BCUT2D eigenvalue weighted by Crippen LogP contribution is -2.11. The zero-order chi connectivity index (χ0) is 14.8. The maximum absolute atomic E-state index is 13.6. The van der Waals surface area contributed by atoms with Gasteiger partial charge in [-0.3, -0.25) is 4.79 Å². The van der Waals surface area contributed by atoms with Crippen LogP contribution in [0.1, 0.15) is 39.0 Å². The summed E-state index contributed by atoms with van der Waals surface area (Å²) in [7, 11) is 0. The van der Waals surface area contributed by atoms with E-state index < -0.39 is 5.82 Å². The molecule has 0 aliphatic carbocycles. The normalized spacial score (nSPS) is 10.3. The number of unbranched alkanes of at least 4 members (excludes halogenated alkanes) is 3. The molecule has 3 N–H and O–H groups in total. The number of nitrogens with two attached hydrogens (primary N) is 1. The highest BCUT2D eigenvalue weighted by molar-refractivity contribution is 5.90. The first-order valence-electron chi connectivity index (χ1n) is 7.09. The highest BCUT2D eigenvalue weighted by Crippen LogP contribution is 2.21. The van der Waals surface area contributed by atoms with Gasteiger partial charge in [-0.25, -0.2) is 4.39 Å². The van der Waals surface area contributed by atoms with Crippen molar-refractivity contribution < 1.29 is 13.9 Å². The summed E-state index contributed by atoms with van der Waals surface area (Å²) in [6, 6.07) is 4.44. The third kappa shape index (κ3) is 6.02. The number of benzene rings is 1. The van der Waals surface area contributed by atoms with Gasteiger partial charge in [0, 0.05) is 18.2 Å². The molecule has 0 radical (unpaired) electrons. The molecule has 0 heterocycles. The van der Waals surface area contributed by atoms with Crippen molar-refractivity contribution in [1.29, 1.82) is 0 Å². The first-order chi connectivity index (χ1) is 9.67. The molecule has 0 bridgehead atoms. The number of hydrogen-bond acceptors (Lipinski definition) is 3. The van der Waals surface area contributed by atoms with E-state index >= 15 is 0 Å². The van der Waals surface area contributed by atoms with E-state index in [1.165, 1.54) is 12.1 Å². The van der Waals surface area contributed by atoms with Crippen LogP contribution in [-0.2, 0) is 4.79 Å². The van der Waals surface area contributed by atoms with Crippen LogP contribution in [0.15, 0.2) is 18.2 Å². The molecule has 5 heteroatoms. The second kappa shape index (κ2) is 9.31. The SMILES string of the molecule is CCOc1ccc(NC(=O)CCCCCCN)cc1F. The molecule has 20 heavy (non-hydrogen) atoms. The Morgan fingerprint density at radius 1 is 1.30 bits per heavy atom. The monoisotopic (exact) mass is 282 g/mol. The van der Waals surface area contributed by atoms with Crippen molar-refractivity contribution in [3.63, 3.8) is 0 Å². The topological polar surface area (TPSA) is 64.3 Å². The number of amides is 1. The Balaban J connectivity index is 2.36. The minimum atomic E-state index is -0.465. The molecule has 4 nitrogen and oxygen atoms in total. The van der Waals surface area contributed by atoms with Crippen molar-refractivity contribution in [3.8, 4) is 5.75 Å². The number of nitrogens with one attached hydrogen (secondary N) is 1. The van der Waals surface area contributed by atoms with Crippen LogP contribution in [-0.4, -0.2) is 19.1 Å². The van der Waals surface area contributed by atoms with Crippen molar-refractivity contribution >= 4 is 11.6 Å². The van der Waals surface area contributed by atoms with Crippen molar-refractivity contribution in [2.24, 2.45) is 5.73 Å². The fraction of sp³-hybridized carbons (Fsp3) is 0.533. The van der Waals surface area contributed by atoms with Crippen LogP contribution in [0.2, 0.25) is 0 Å². The second-order valence-electron chi connectivity index (χ2n) is 4.58. The van der Waals surface area contributed by atoms with Gasteiger partial charge < -0.3 is 15.8 Å². The fourth-order valence-electron chi connectivity index (χ4n) is 1.86. The summed E-state index contributed by atoms with van der Waals surface area (Å²) >= 11 is 0. The van der Waals surface area contributed by atoms with Crippen molar-refractivity contribution in [1.82, 2.24) is 0 Å².